The molecule has 2 N–H and O–H groups in total. The van der Waals surface area contributed by atoms with E-state index in [-0.39, 0.29) is 5.91 Å². The molecule has 2 heterocycles. The SMILES string of the molecule is O=C(NCc1cccc(Cl)c1)c1cnn(-c2nc3ccccc3[nH]2)c1. The van der Waals surface area contributed by atoms with E-state index in [1.807, 2.05) is 42.5 Å². The van der Waals surface area contributed by atoms with Gasteiger partial charge in [0.25, 0.3) is 5.91 Å². The molecule has 2 aromatic heterocycles. The molecule has 124 valence electrons. The standard InChI is InChI=1S/C18H14ClN5O/c19-14-5-3-4-12(8-14)9-20-17(25)13-10-21-24(11-13)18-22-15-6-1-2-7-16(15)23-18/h1-8,10-11H,9H2,(H,20,25)(H,22,23). The average molecular weight is 352 g/mol. The number of hydrogen-bond donors (Lipinski definition) is 2. The van der Waals surface area contributed by atoms with Crippen LogP contribution in [0.5, 0.6) is 0 Å². The molecule has 0 aliphatic heterocycles. The van der Waals surface area contributed by atoms with Crippen molar-refractivity contribution in [3.63, 3.8) is 0 Å². The number of para-hydroxylation sites is 2. The Kier molecular flexibility index (Phi) is 3.95. The van der Waals surface area contributed by atoms with Gasteiger partial charge >= 0.3 is 0 Å². The molecular weight excluding hydrogens is 338 g/mol. The fourth-order valence-electron chi connectivity index (χ4n) is 2.54. The Bertz CT molecular complexity index is 1020. The Morgan fingerprint density at radius 2 is 2.08 bits per heavy atom. The van der Waals surface area contributed by atoms with E-state index < -0.39 is 0 Å². The molecule has 6 nitrogen and oxygen atoms in total. The molecule has 25 heavy (non-hydrogen) atoms. The third kappa shape index (κ3) is 3.25. The molecule has 4 aromatic rings. The van der Waals surface area contributed by atoms with Crippen molar-refractivity contribution in [3.05, 3.63) is 77.1 Å². The minimum Gasteiger partial charge on any atom is -0.348 e. The summed E-state index contributed by atoms with van der Waals surface area (Å²) in [6.07, 6.45) is 3.16. The highest BCUT2D eigenvalue weighted by molar-refractivity contribution is 6.30. The molecule has 0 bridgehead atoms. The first kappa shape index (κ1) is 15.4. The zero-order valence-corrected chi connectivity index (χ0v) is 13.9. The van der Waals surface area contributed by atoms with Crippen LogP contribution in [-0.4, -0.2) is 25.7 Å². The molecule has 1 amide bonds. The molecule has 0 aliphatic rings. The highest BCUT2D eigenvalue weighted by Crippen LogP contribution is 2.14. The topological polar surface area (TPSA) is 75.6 Å². The first-order chi connectivity index (χ1) is 12.2. The summed E-state index contributed by atoms with van der Waals surface area (Å²) in [7, 11) is 0. The molecule has 0 aliphatic carbocycles. The molecule has 4 rings (SSSR count). The van der Waals surface area contributed by atoms with Crippen molar-refractivity contribution in [2.24, 2.45) is 0 Å². The number of nitrogens with one attached hydrogen (secondary N) is 2. The second-order valence-electron chi connectivity index (χ2n) is 5.56. The van der Waals surface area contributed by atoms with Crippen LogP contribution in [0.2, 0.25) is 5.02 Å². The molecule has 0 saturated carbocycles. The van der Waals surface area contributed by atoms with Gasteiger partial charge in [-0.2, -0.15) is 5.10 Å². The maximum Gasteiger partial charge on any atom is 0.254 e. The lowest BCUT2D eigenvalue weighted by atomic mass is 10.2. The van der Waals surface area contributed by atoms with E-state index in [1.165, 1.54) is 6.20 Å². The van der Waals surface area contributed by atoms with E-state index in [1.54, 1.807) is 16.9 Å². The van der Waals surface area contributed by atoms with Gasteiger partial charge in [-0.3, -0.25) is 4.79 Å². The maximum absolute atomic E-state index is 12.3. The average Bonchev–Trinajstić information content (AvgIpc) is 3.26. The zero-order chi connectivity index (χ0) is 17.2. The summed E-state index contributed by atoms with van der Waals surface area (Å²) in [6.45, 7) is 0.398. The summed E-state index contributed by atoms with van der Waals surface area (Å²) in [5.74, 6) is 0.359. The number of halogens is 1. The molecule has 0 spiro atoms. The molecule has 0 radical (unpaired) electrons. The highest BCUT2D eigenvalue weighted by Gasteiger charge is 2.11. The van der Waals surface area contributed by atoms with Crippen LogP contribution in [0.4, 0.5) is 0 Å². The van der Waals surface area contributed by atoms with Gasteiger partial charge < -0.3 is 10.3 Å². The Morgan fingerprint density at radius 3 is 2.92 bits per heavy atom. The Balaban J connectivity index is 1.49. The van der Waals surface area contributed by atoms with Crippen molar-refractivity contribution in [2.45, 2.75) is 6.54 Å². The van der Waals surface area contributed by atoms with Crippen molar-refractivity contribution in [3.8, 4) is 5.95 Å². The van der Waals surface area contributed by atoms with Crippen molar-refractivity contribution in [1.82, 2.24) is 25.1 Å². The number of rotatable bonds is 4. The minimum absolute atomic E-state index is 0.206. The third-order valence-electron chi connectivity index (χ3n) is 3.78. The predicted molar refractivity (Wildman–Crippen MR) is 95.8 cm³/mol. The van der Waals surface area contributed by atoms with Gasteiger partial charge in [-0.1, -0.05) is 35.9 Å². The first-order valence-electron chi connectivity index (χ1n) is 7.71. The van der Waals surface area contributed by atoms with Crippen LogP contribution >= 0.6 is 11.6 Å². The summed E-state index contributed by atoms with van der Waals surface area (Å²) in [4.78, 5) is 19.9. The van der Waals surface area contributed by atoms with Crippen LogP contribution in [0, 0.1) is 0 Å². The second kappa shape index (κ2) is 6.41. The number of benzene rings is 2. The van der Waals surface area contributed by atoms with E-state index in [0.29, 0.717) is 23.1 Å². The van der Waals surface area contributed by atoms with Crippen LogP contribution in [0.3, 0.4) is 0 Å². The second-order valence-corrected chi connectivity index (χ2v) is 6.00. The number of H-pyrrole nitrogens is 1. The van der Waals surface area contributed by atoms with Crippen LogP contribution in [-0.2, 0) is 6.54 Å². The van der Waals surface area contributed by atoms with Crippen molar-refractivity contribution < 1.29 is 4.79 Å². The predicted octanol–water partition coefficient (Wildman–Crippen LogP) is 3.33. The lowest BCUT2D eigenvalue weighted by Crippen LogP contribution is -2.22. The molecule has 0 atom stereocenters. The molecule has 2 aromatic carbocycles. The van der Waals surface area contributed by atoms with E-state index in [0.717, 1.165) is 16.6 Å². The van der Waals surface area contributed by atoms with Crippen molar-refractivity contribution in [1.29, 1.82) is 0 Å². The number of carbonyl (C=O) groups excluding carboxylic acids is 1. The Hall–Kier alpha value is -3.12. The quantitative estimate of drug-likeness (QED) is 0.592. The number of imidazole rings is 1. The van der Waals surface area contributed by atoms with Crippen molar-refractivity contribution in [2.75, 3.05) is 0 Å². The molecular formula is C18H14ClN5O. The van der Waals surface area contributed by atoms with Gasteiger partial charge in [0.2, 0.25) is 5.95 Å². The highest BCUT2D eigenvalue weighted by atomic mass is 35.5. The molecule has 0 fully saturated rings. The number of amides is 1. The fourth-order valence-corrected chi connectivity index (χ4v) is 2.75. The summed E-state index contributed by atoms with van der Waals surface area (Å²) in [5.41, 5.74) is 3.16. The monoisotopic (exact) mass is 351 g/mol. The first-order valence-corrected chi connectivity index (χ1v) is 8.09. The number of aromatic nitrogens is 4. The van der Waals surface area contributed by atoms with Gasteiger partial charge in [-0.25, -0.2) is 9.67 Å². The minimum atomic E-state index is -0.206. The Labute approximate surface area is 148 Å². The normalized spacial score (nSPS) is 10.9. The zero-order valence-electron chi connectivity index (χ0n) is 13.1. The number of fused-ring (bicyclic) bond motifs is 1. The van der Waals surface area contributed by atoms with E-state index in [2.05, 4.69) is 20.4 Å². The molecule has 7 heteroatoms. The van der Waals surface area contributed by atoms with E-state index >= 15 is 0 Å². The summed E-state index contributed by atoms with van der Waals surface area (Å²) in [6, 6.07) is 15.1. The van der Waals surface area contributed by atoms with Crippen molar-refractivity contribution >= 4 is 28.5 Å². The van der Waals surface area contributed by atoms with Crippen LogP contribution in [0.1, 0.15) is 15.9 Å². The Morgan fingerprint density at radius 1 is 1.20 bits per heavy atom. The summed E-state index contributed by atoms with van der Waals surface area (Å²) < 4.78 is 1.55. The van der Waals surface area contributed by atoms with Crippen LogP contribution in [0.15, 0.2) is 60.9 Å². The van der Waals surface area contributed by atoms with Gasteiger partial charge in [0, 0.05) is 17.8 Å². The lowest BCUT2D eigenvalue weighted by molar-refractivity contribution is 0.0951. The van der Waals surface area contributed by atoms with Crippen LogP contribution < -0.4 is 5.32 Å². The van der Waals surface area contributed by atoms with Gasteiger partial charge in [0.15, 0.2) is 0 Å². The van der Waals surface area contributed by atoms with Gasteiger partial charge in [-0.05, 0) is 29.8 Å². The number of hydrogen-bond acceptors (Lipinski definition) is 3. The molecule has 0 unspecified atom stereocenters. The molecule has 0 saturated heterocycles. The maximum atomic E-state index is 12.3. The van der Waals surface area contributed by atoms with Gasteiger partial charge in [-0.15, -0.1) is 0 Å². The van der Waals surface area contributed by atoms with Gasteiger partial charge in [0.05, 0.1) is 22.8 Å². The lowest BCUT2D eigenvalue weighted by Gasteiger charge is -2.04. The smallest absolute Gasteiger partial charge is 0.254 e. The third-order valence-corrected chi connectivity index (χ3v) is 4.02. The largest absolute Gasteiger partial charge is 0.348 e. The number of nitrogens with zero attached hydrogens (tertiary/aromatic N) is 3. The van der Waals surface area contributed by atoms with E-state index in [4.69, 9.17) is 11.6 Å². The summed E-state index contributed by atoms with van der Waals surface area (Å²) in [5, 5.41) is 7.71. The number of carbonyl (C=O) groups is 1. The summed E-state index contributed by atoms with van der Waals surface area (Å²) >= 11 is 5.95. The fraction of sp³-hybridized carbons (Fsp3) is 0.0556. The van der Waals surface area contributed by atoms with E-state index in [9.17, 15) is 4.79 Å². The number of aromatic amines is 1. The van der Waals surface area contributed by atoms with Crippen LogP contribution in [0.25, 0.3) is 17.0 Å². The van der Waals surface area contributed by atoms with Gasteiger partial charge in [0.1, 0.15) is 0 Å².